The van der Waals surface area contributed by atoms with Crippen LogP contribution in [0.3, 0.4) is 0 Å². The molecule has 2 N–H and O–H groups in total. The number of likely N-dealkylation sites (tertiary alicyclic amines) is 1. The van der Waals surface area contributed by atoms with E-state index in [0.29, 0.717) is 0 Å². The van der Waals surface area contributed by atoms with E-state index in [4.69, 9.17) is 0 Å². The second-order valence-electron chi connectivity index (χ2n) is 4.93. The topological polar surface area (TPSA) is 52.6 Å². The Bertz CT molecular complexity index is 233. The number of hydrogen-bond acceptors (Lipinski definition) is 3. The minimum Gasteiger partial charge on any atom is -0.394 e. The first kappa shape index (κ1) is 14.5. The van der Waals surface area contributed by atoms with Crippen LogP contribution in [-0.2, 0) is 4.79 Å². The molecule has 0 aromatic carbocycles. The molecule has 1 aliphatic heterocycles. The van der Waals surface area contributed by atoms with Gasteiger partial charge in [0.05, 0.1) is 12.6 Å². The van der Waals surface area contributed by atoms with Crippen LogP contribution in [0, 0.1) is 5.92 Å². The van der Waals surface area contributed by atoms with Gasteiger partial charge in [-0.3, -0.25) is 4.79 Å². The molecule has 100 valence electrons. The van der Waals surface area contributed by atoms with Crippen LogP contribution in [0.15, 0.2) is 0 Å². The number of aliphatic hydroxyl groups is 1. The molecular weight excluding hydrogens is 216 g/mol. The molecule has 4 nitrogen and oxygen atoms in total. The third kappa shape index (κ3) is 4.28. The molecular formula is C13H26N2O2. The highest BCUT2D eigenvalue weighted by molar-refractivity contribution is 5.79. The average molecular weight is 242 g/mol. The minimum absolute atomic E-state index is 0.00194. The number of carbonyl (C=O) groups is 1. The molecule has 4 heteroatoms. The lowest BCUT2D eigenvalue weighted by molar-refractivity contribution is -0.138. The summed E-state index contributed by atoms with van der Waals surface area (Å²) in [6.07, 6.45) is 4.30. The van der Waals surface area contributed by atoms with E-state index in [0.717, 1.165) is 38.9 Å². The maximum absolute atomic E-state index is 12.3. The molecule has 1 rings (SSSR count). The SMILES string of the molecule is CCNCC(C)C(=O)N1CCCCCC1CO. The van der Waals surface area contributed by atoms with E-state index >= 15 is 0 Å². The second kappa shape index (κ2) is 7.67. The lowest BCUT2D eigenvalue weighted by Crippen LogP contribution is -2.46. The number of aliphatic hydroxyl groups excluding tert-OH is 1. The molecule has 0 aromatic heterocycles. The molecule has 0 radical (unpaired) electrons. The van der Waals surface area contributed by atoms with Gasteiger partial charge in [0.2, 0.25) is 5.91 Å². The first-order valence-electron chi connectivity index (χ1n) is 6.82. The zero-order valence-corrected chi connectivity index (χ0v) is 11.1. The van der Waals surface area contributed by atoms with E-state index in [1.165, 1.54) is 6.42 Å². The van der Waals surface area contributed by atoms with Gasteiger partial charge in [0, 0.05) is 19.0 Å². The van der Waals surface area contributed by atoms with E-state index in [1.807, 2.05) is 18.7 Å². The van der Waals surface area contributed by atoms with Crippen molar-refractivity contribution in [3.8, 4) is 0 Å². The first-order chi connectivity index (χ1) is 8.20. The van der Waals surface area contributed by atoms with Gasteiger partial charge < -0.3 is 15.3 Å². The van der Waals surface area contributed by atoms with Crippen molar-refractivity contribution in [1.82, 2.24) is 10.2 Å². The number of nitrogens with one attached hydrogen (secondary N) is 1. The zero-order valence-electron chi connectivity index (χ0n) is 11.1. The van der Waals surface area contributed by atoms with Crippen molar-refractivity contribution in [2.24, 2.45) is 5.92 Å². The standard InChI is InChI=1S/C13H26N2O2/c1-3-14-9-11(2)13(17)15-8-6-4-5-7-12(15)10-16/h11-12,14,16H,3-10H2,1-2H3. The molecule has 1 aliphatic rings. The van der Waals surface area contributed by atoms with Crippen LogP contribution in [0.4, 0.5) is 0 Å². The highest BCUT2D eigenvalue weighted by Crippen LogP contribution is 2.18. The van der Waals surface area contributed by atoms with Crippen LogP contribution >= 0.6 is 0 Å². The molecule has 0 aromatic rings. The van der Waals surface area contributed by atoms with Gasteiger partial charge in [0.25, 0.3) is 0 Å². The molecule has 0 saturated carbocycles. The van der Waals surface area contributed by atoms with Gasteiger partial charge in [0.1, 0.15) is 0 Å². The van der Waals surface area contributed by atoms with E-state index in [1.54, 1.807) is 0 Å². The number of amides is 1. The van der Waals surface area contributed by atoms with Crippen LogP contribution in [0.5, 0.6) is 0 Å². The lowest BCUT2D eigenvalue weighted by Gasteiger charge is -2.31. The minimum atomic E-state index is 0.00194. The molecule has 1 heterocycles. The first-order valence-corrected chi connectivity index (χ1v) is 6.82. The quantitative estimate of drug-likeness (QED) is 0.756. The van der Waals surface area contributed by atoms with Crippen molar-refractivity contribution in [1.29, 1.82) is 0 Å². The summed E-state index contributed by atoms with van der Waals surface area (Å²) in [5.74, 6) is 0.189. The molecule has 2 unspecified atom stereocenters. The summed E-state index contributed by atoms with van der Waals surface area (Å²) in [5.41, 5.74) is 0. The Balaban J connectivity index is 2.56. The largest absolute Gasteiger partial charge is 0.394 e. The molecule has 1 amide bonds. The highest BCUT2D eigenvalue weighted by Gasteiger charge is 2.27. The number of hydrogen-bond donors (Lipinski definition) is 2. The van der Waals surface area contributed by atoms with Gasteiger partial charge in [-0.25, -0.2) is 0 Å². The lowest BCUT2D eigenvalue weighted by atomic mass is 10.1. The van der Waals surface area contributed by atoms with Crippen molar-refractivity contribution in [3.63, 3.8) is 0 Å². The summed E-state index contributed by atoms with van der Waals surface area (Å²) in [6.45, 7) is 6.52. The van der Waals surface area contributed by atoms with E-state index < -0.39 is 0 Å². The molecule has 2 atom stereocenters. The molecule has 1 saturated heterocycles. The predicted molar refractivity (Wildman–Crippen MR) is 68.8 cm³/mol. The summed E-state index contributed by atoms with van der Waals surface area (Å²) in [5, 5.41) is 12.6. The maximum atomic E-state index is 12.3. The van der Waals surface area contributed by atoms with Crippen molar-refractivity contribution in [3.05, 3.63) is 0 Å². The molecule has 0 bridgehead atoms. The monoisotopic (exact) mass is 242 g/mol. The number of rotatable bonds is 5. The predicted octanol–water partition coefficient (Wildman–Crippen LogP) is 0.995. The van der Waals surface area contributed by atoms with Gasteiger partial charge >= 0.3 is 0 Å². The van der Waals surface area contributed by atoms with Crippen LogP contribution in [0.25, 0.3) is 0 Å². The maximum Gasteiger partial charge on any atom is 0.227 e. The van der Waals surface area contributed by atoms with Crippen molar-refractivity contribution in [2.45, 2.75) is 45.6 Å². The second-order valence-corrected chi connectivity index (χ2v) is 4.93. The summed E-state index contributed by atoms with van der Waals surface area (Å²) >= 11 is 0. The van der Waals surface area contributed by atoms with Crippen molar-refractivity contribution < 1.29 is 9.90 Å². The number of nitrogens with zero attached hydrogens (tertiary/aromatic N) is 1. The molecule has 0 aliphatic carbocycles. The Labute approximate surface area is 104 Å². The van der Waals surface area contributed by atoms with Crippen LogP contribution in [0.1, 0.15) is 39.5 Å². The van der Waals surface area contributed by atoms with Gasteiger partial charge in [-0.05, 0) is 19.4 Å². The summed E-state index contributed by atoms with van der Waals surface area (Å²) in [6, 6.07) is 0.0362. The van der Waals surface area contributed by atoms with E-state index in [2.05, 4.69) is 5.32 Å². The Morgan fingerprint density at radius 2 is 2.24 bits per heavy atom. The Morgan fingerprint density at radius 3 is 2.88 bits per heavy atom. The smallest absolute Gasteiger partial charge is 0.227 e. The van der Waals surface area contributed by atoms with Gasteiger partial charge in [-0.1, -0.05) is 26.7 Å². The fourth-order valence-corrected chi connectivity index (χ4v) is 2.39. The van der Waals surface area contributed by atoms with Crippen LogP contribution in [-0.4, -0.2) is 48.2 Å². The highest BCUT2D eigenvalue weighted by atomic mass is 16.3. The molecule has 0 spiro atoms. The van der Waals surface area contributed by atoms with Crippen molar-refractivity contribution in [2.75, 3.05) is 26.2 Å². The zero-order chi connectivity index (χ0) is 12.7. The fraction of sp³-hybridized carbons (Fsp3) is 0.923. The van der Waals surface area contributed by atoms with E-state index in [-0.39, 0.29) is 24.5 Å². The summed E-state index contributed by atoms with van der Waals surface area (Å²) < 4.78 is 0. The average Bonchev–Trinajstić information content (AvgIpc) is 2.59. The summed E-state index contributed by atoms with van der Waals surface area (Å²) in [4.78, 5) is 14.2. The van der Waals surface area contributed by atoms with Crippen LogP contribution in [0.2, 0.25) is 0 Å². The molecule has 1 fully saturated rings. The van der Waals surface area contributed by atoms with E-state index in [9.17, 15) is 9.90 Å². The Hall–Kier alpha value is -0.610. The normalized spacial score (nSPS) is 23.2. The summed E-state index contributed by atoms with van der Waals surface area (Å²) in [7, 11) is 0. The van der Waals surface area contributed by atoms with Gasteiger partial charge in [0.15, 0.2) is 0 Å². The fourth-order valence-electron chi connectivity index (χ4n) is 2.39. The third-order valence-corrected chi connectivity index (χ3v) is 3.49. The van der Waals surface area contributed by atoms with Gasteiger partial charge in [-0.15, -0.1) is 0 Å². The number of carbonyl (C=O) groups excluding carboxylic acids is 1. The third-order valence-electron chi connectivity index (χ3n) is 3.49. The Kier molecular flexibility index (Phi) is 6.52. The van der Waals surface area contributed by atoms with Gasteiger partial charge in [-0.2, -0.15) is 0 Å². The van der Waals surface area contributed by atoms with Crippen molar-refractivity contribution >= 4 is 5.91 Å². The Morgan fingerprint density at radius 1 is 1.47 bits per heavy atom. The van der Waals surface area contributed by atoms with Crippen LogP contribution < -0.4 is 5.32 Å². The molecule has 17 heavy (non-hydrogen) atoms.